The lowest BCUT2D eigenvalue weighted by atomic mass is 9.91. The molecule has 0 radical (unpaired) electrons. The van der Waals surface area contributed by atoms with Gasteiger partial charge in [-0.3, -0.25) is 0 Å². The Labute approximate surface area is 188 Å². The molecule has 6 atom stereocenters. The Kier molecular flexibility index (Phi) is 4.51. The maximum absolute atomic E-state index is 14.6. The molecule has 0 amide bonds. The third-order valence-corrected chi connectivity index (χ3v) is 6.53. The first-order valence-electron chi connectivity index (χ1n) is 10.5. The summed E-state index contributed by atoms with van der Waals surface area (Å²) in [6.07, 6.45) is -0.456. The normalized spacial score (nSPS) is 33.4. The van der Waals surface area contributed by atoms with Gasteiger partial charge in [-0.25, -0.2) is 14.4 Å². The van der Waals surface area contributed by atoms with Gasteiger partial charge in [0.05, 0.1) is 12.0 Å². The van der Waals surface area contributed by atoms with E-state index in [1.54, 1.807) is 18.2 Å². The molecular weight excluding hydrogens is 439 g/mol. The van der Waals surface area contributed by atoms with Crippen LogP contribution >= 0.6 is 11.6 Å². The maximum Gasteiger partial charge on any atom is 0.164 e. The summed E-state index contributed by atoms with van der Waals surface area (Å²) in [6.45, 7) is 3.64. The highest BCUT2D eigenvalue weighted by atomic mass is 35.5. The molecule has 168 valence electrons. The van der Waals surface area contributed by atoms with E-state index in [4.69, 9.17) is 36.3 Å². The van der Waals surface area contributed by atoms with E-state index in [1.807, 2.05) is 30.7 Å². The van der Waals surface area contributed by atoms with Gasteiger partial charge in [0, 0.05) is 11.2 Å². The first-order valence-corrected chi connectivity index (χ1v) is 10.8. The van der Waals surface area contributed by atoms with Crippen LogP contribution < -0.4 is 5.73 Å². The highest BCUT2D eigenvalue weighted by molar-refractivity contribution is 6.30. The van der Waals surface area contributed by atoms with E-state index in [2.05, 4.69) is 9.97 Å². The van der Waals surface area contributed by atoms with E-state index >= 15 is 0 Å². The molecule has 8 nitrogen and oxygen atoms in total. The second-order valence-electron chi connectivity index (χ2n) is 8.77. The molecule has 0 saturated carbocycles. The van der Waals surface area contributed by atoms with Gasteiger partial charge in [-0.2, -0.15) is 0 Å². The predicted octanol–water partition coefficient (Wildman–Crippen LogP) is 3.87. The Morgan fingerprint density at radius 2 is 1.94 bits per heavy atom. The first kappa shape index (κ1) is 20.3. The maximum atomic E-state index is 14.6. The molecule has 3 aromatic rings. The summed E-state index contributed by atoms with van der Waals surface area (Å²) in [7, 11) is 0. The quantitative estimate of drug-likeness (QED) is 0.620. The fourth-order valence-corrected chi connectivity index (χ4v) is 5.17. The summed E-state index contributed by atoms with van der Waals surface area (Å²) in [5.41, 5.74) is 7.87. The second-order valence-corrected chi connectivity index (χ2v) is 9.21. The molecule has 32 heavy (non-hydrogen) atoms. The largest absolute Gasteiger partial charge is 0.383 e. The minimum atomic E-state index is -1.25. The van der Waals surface area contributed by atoms with Gasteiger partial charge in [0.15, 0.2) is 12.0 Å². The lowest BCUT2D eigenvalue weighted by Crippen LogP contribution is -2.37. The summed E-state index contributed by atoms with van der Waals surface area (Å²) in [5, 5.41) is 1.20. The molecular formula is C22H22ClFN4O4. The zero-order valence-corrected chi connectivity index (χ0v) is 18.2. The van der Waals surface area contributed by atoms with Crippen LogP contribution in [0.4, 0.5) is 10.2 Å². The highest BCUT2D eigenvalue weighted by Crippen LogP contribution is 2.50. The predicted molar refractivity (Wildman–Crippen MR) is 114 cm³/mol. The smallest absolute Gasteiger partial charge is 0.164 e. The molecule has 6 rings (SSSR count). The van der Waals surface area contributed by atoms with Crippen LogP contribution in [-0.4, -0.2) is 45.2 Å². The number of nitrogen functional groups attached to an aromatic ring is 1. The zero-order valence-electron chi connectivity index (χ0n) is 17.4. The summed E-state index contributed by atoms with van der Waals surface area (Å²) < 4.78 is 41.4. The molecule has 2 saturated heterocycles. The van der Waals surface area contributed by atoms with Gasteiger partial charge in [0.2, 0.25) is 0 Å². The molecule has 5 heterocycles. The summed E-state index contributed by atoms with van der Waals surface area (Å²) in [4.78, 5) is 8.44. The van der Waals surface area contributed by atoms with Crippen molar-refractivity contribution in [3.8, 4) is 0 Å². The van der Waals surface area contributed by atoms with Gasteiger partial charge in [-0.1, -0.05) is 17.7 Å². The minimum absolute atomic E-state index is 0.0830. The van der Waals surface area contributed by atoms with Gasteiger partial charge < -0.3 is 29.2 Å². The Bertz CT molecular complexity index is 1200. The number of rotatable bonds is 2. The van der Waals surface area contributed by atoms with Crippen LogP contribution in [0.3, 0.4) is 0 Å². The molecule has 1 unspecified atom stereocenters. The van der Waals surface area contributed by atoms with Gasteiger partial charge in [-0.15, -0.1) is 0 Å². The Morgan fingerprint density at radius 1 is 1.12 bits per heavy atom. The Hall–Kier alpha value is -2.30. The Morgan fingerprint density at radius 3 is 2.78 bits per heavy atom. The lowest BCUT2D eigenvalue weighted by molar-refractivity contribution is -0.214. The summed E-state index contributed by atoms with van der Waals surface area (Å²) in [6, 6.07) is 7.02. The third-order valence-electron chi connectivity index (χ3n) is 6.29. The monoisotopic (exact) mass is 460 g/mol. The SMILES string of the molecule is CC1(C)OC2[C@@H](O1)[C@H](n1ccc3c(N)ncnc31)O[C@@H]2[C@@H]1OC[C@H](F)c2cc(Cl)ccc21. The molecule has 10 heteroatoms. The van der Waals surface area contributed by atoms with Gasteiger partial charge in [-0.05, 0) is 43.2 Å². The minimum Gasteiger partial charge on any atom is -0.383 e. The van der Waals surface area contributed by atoms with E-state index in [9.17, 15) is 4.39 Å². The number of ether oxygens (including phenoxy) is 4. The van der Waals surface area contributed by atoms with E-state index in [0.29, 0.717) is 27.6 Å². The van der Waals surface area contributed by atoms with Crippen LogP contribution in [0.25, 0.3) is 11.0 Å². The van der Waals surface area contributed by atoms with Crippen LogP contribution in [0.2, 0.25) is 5.02 Å². The van der Waals surface area contributed by atoms with Crippen molar-refractivity contribution in [2.75, 3.05) is 12.3 Å². The van der Waals surface area contributed by atoms with Crippen molar-refractivity contribution in [3.63, 3.8) is 0 Å². The van der Waals surface area contributed by atoms with Crippen LogP contribution in [0.5, 0.6) is 0 Å². The van der Waals surface area contributed by atoms with Crippen molar-refractivity contribution in [1.82, 2.24) is 14.5 Å². The highest BCUT2D eigenvalue weighted by Gasteiger charge is 2.59. The third kappa shape index (κ3) is 3.03. The molecule has 2 fully saturated rings. The molecule has 1 aromatic carbocycles. The number of nitrogens with zero attached hydrogens (tertiary/aromatic N) is 3. The van der Waals surface area contributed by atoms with E-state index in [0.717, 1.165) is 5.39 Å². The number of hydrogen-bond donors (Lipinski definition) is 1. The molecule has 2 N–H and O–H groups in total. The molecule has 0 bridgehead atoms. The number of nitrogens with two attached hydrogens (primary N) is 1. The first-order chi connectivity index (χ1) is 15.3. The number of halogens is 2. The van der Waals surface area contributed by atoms with Crippen molar-refractivity contribution in [2.24, 2.45) is 0 Å². The van der Waals surface area contributed by atoms with Crippen LogP contribution in [-0.2, 0) is 18.9 Å². The topological polar surface area (TPSA) is 93.7 Å². The van der Waals surface area contributed by atoms with Crippen LogP contribution in [0.15, 0.2) is 36.8 Å². The molecule has 3 aliphatic rings. The zero-order chi connectivity index (χ0) is 22.2. The van der Waals surface area contributed by atoms with Crippen molar-refractivity contribution >= 4 is 28.5 Å². The van der Waals surface area contributed by atoms with E-state index in [1.165, 1.54) is 6.33 Å². The average Bonchev–Trinajstić information content (AvgIpc) is 3.40. The number of hydrogen-bond acceptors (Lipinski definition) is 7. The summed E-state index contributed by atoms with van der Waals surface area (Å²) in [5.74, 6) is -0.425. The molecule has 0 aliphatic carbocycles. The van der Waals surface area contributed by atoms with Gasteiger partial charge in [0.25, 0.3) is 0 Å². The van der Waals surface area contributed by atoms with Gasteiger partial charge in [0.1, 0.15) is 48.4 Å². The fourth-order valence-electron chi connectivity index (χ4n) is 4.99. The number of fused-ring (bicyclic) bond motifs is 3. The number of anilines is 1. The lowest BCUT2D eigenvalue weighted by Gasteiger charge is -2.34. The van der Waals surface area contributed by atoms with E-state index in [-0.39, 0.29) is 6.61 Å². The molecule has 0 spiro atoms. The molecule has 2 aromatic heterocycles. The number of benzene rings is 1. The standard InChI is InChI=1S/C22H22ClFN4O4/c1-22(2)31-17-16(15-11-4-3-10(23)7-13(11)14(24)8-29-15)30-21(18(17)32-22)28-6-5-12-19(25)26-9-27-20(12)28/h3-7,9,14-18,21H,8H2,1-2H3,(H2,25,26,27)/t14-,15+,16+,17?,18+,21+/m0/s1. The second kappa shape index (κ2) is 7.10. The van der Waals surface area contributed by atoms with Crippen LogP contribution in [0, 0.1) is 0 Å². The van der Waals surface area contributed by atoms with Crippen molar-refractivity contribution < 1.29 is 23.3 Å². The van der Waals surface area contributed by atoms with Crippen molar-refractivity contribution in [1.29, 1.82) is 0 Å². The Balaban J connectivity index is 1.42. The molecule has 3 aliphatic heterocycles. The van der Waals surface area contributed by atoms with Gasteiger partial charge >= 0.3 is 0 Å². The summed E-state index contributed by atoms with van der Waals surface area (Å²) >= 11 is 6.13. The number of aromatic nitrogens is 3. The number of alkyl halides is 1. The van der Waals surface area contributed by atoms with Crippen molar-refractivity contribution in [3.05, 3.63) is 52.9 Å². The fraction of sp³-hybridized carbons (Fsp3) is 0.455. The van der Waals surface area contributed by atoms with Crippen LogP contribution in [0.1, 0.15) is 43.5 Å². The van der Waals surface area contributed by atoms with E-state index < -0.39 is 42.6 Å². The van der Waals surface area contributed by atoms with Crippen molar-refractivity contribution in [2.45, 2.75) is 56.5 Å². The average molecular weight is 461 g/mol.